The molecule has 4 atom stereocenters. The molecule has 0 N–H and O–H groups in total. The molecule has 112 valence electrons. The molecule has 0 aromatic heterocycles. The number of carbonyl (C=O) groups excluding carboxylic acids is 1. The molecule has 0 spiro atoms. The van der Waals surface area contributed by atoms with Gasteiger partial charge in [-0.25, -0.2) is 0 Å². The van der Waals surface area contributed by atoms with Gasteiger partial charge in [0.25, 0.3) is 0 Å². The number of rotatable bonds is 3. The van der Waals surface area contributed by atoms with Crippen LogP contribution in [0, 0.1) is 5.92 Å². The number of para-hydroxylation sites is 1. The Balaban J connectivity index is 1.78. The van der Waals surface area contributed by atoms with Crippen LogP contribution in [0.25, 0.3) is 0 Å². The molecule has 1 aromatic carbocycles. The molecule has 1 aromatic rings. The molecule has 0 unspecified atom stereocenters. The topological polar surface area (TPSA) is 54.0 Å². The first-order valence-electron chi connectivity index (χ1n) is 6.90. The average molecular weight is 290 g/mol. The molecule has 0 radical (unpaired) electrons. The molecule has 21 heavy (non-hydrogen) atoms. The summed E-state index contributed by atoms with van der Waals surface area (Å²) in [7, 11) is 0. The maximum Gasteiger partial charge on any atom is 0.320 e. The van der Waals surface area contributed by atoms with Crippen LogP contribution in [0.5, 0.6) is 5.75 Å². The summed E-state index contributed by atoms with van der Waals surface area (Å²) in [6.45, 7) is 7.28. The Kier molecular flexibility index (Phi) is 3.57. The van der Waals surface area contributed by atoms with E-state index in [4.69, 9.17) is 18.9 Å². The zero-order chi connectivity index (χ0) is 15.0. The summed E-state index contributed by atoms with van der Waals surface area (Å²) >= 11 is 0. The van der Waals surface area contributed by atoms with E-state index in [0.29, 0.717) is 5.75 Å². The van der Waals surface area contributed by atoms with Gasteiger partial charge >= 0.3 is 5.97 Å². The molecule has 2 heterocycles. The van der Waals surface area contributed by atoms with Crippen LogP contribution in [-0.4, -0.2) is 30.3 Å². The minimum atomic E-state index is -0.771. The SMILES string of the molecule is C=C[C@H]1O[C@H]2OC(C)(C)O[C@H]2[C@H]1C(=O)Oc1ccccc1. The second-order valence-corrected chi connectivity index (χ2v) is 5.56. The molecule has 2 aliphatic heterocycles. The monoisotopic (exact) mass is 290 g/mol. The van der Waals surface area contributed by atoms with E-state index in [1.54, 1.807) is 44.2 Å². The Labute approximate surface area is 123 Å². The van der Waals surface area contributed by atoms with Gasteiger partial charge in [-0.15, -0.1) is 6.58 Å². The highest BCUT2D eigenvalue weighted by molar-refractivity contribution is 5.77. The molecule has 2 saturated heterocycles. The summed E-state index contributed by atoms with van der Waals surface area (Å²) in [6.07, 6.45) is 0.0393. The van der Waals surface area contributed by atoms with Gasteiger partial charge in [-0.1, -0.05) is 24.3 Å². The second-order valence-electron chi connectivity index (χ2n) is 5.56. The van der Waals surface area contributed by atoms with Gasteiger partial charge in [0.1, 0.15) is 17.8 Å². The van der Waals surface area contributed by atoms with Crippen molar-refractivity contribution in [1.29, 1.82) is 0 Å². The van der Waals surface area contributed by atoms with E-state index >= 15 is 0 Å². The normalized spacial score (nSPS) is 33.4. The molecule has 5 heteroatoms. The molecule has 0 bridgehead atoms. The van der Waals surface area contributed by atoms with Gasteiger partial charge in [0, 0.05) is 0 Å². The fourth-order valence-corrected chi connectivity index (χ4v) is 2.68. The number of hydrogen-bond acceptors (Lipinski definition) is 5. The molecular formula is C16H18O5. The van der Waals surface area contributed by atoms with E-state index in [0.717, 1.165) is 0 Å². The Hall–Kier alpha value is -1.69. The van der Waals surface area contributed by atoms with Crippen molar-refractivity contribution in [1.82, 2.24) is 0 Å². The maximum absolute atomic E-state index is 12.5. The van der Waals surface area contributed by atoms with Crippen molar-refractivity contribution >= 4 is 5.97 Å². The third-order valence-corrected chi connectivity index (χ3v) is 3.55. The first-order chi connectivity index (χ1) is 10.00. The van der Waals surface area contributed by atoms with Crippen LogP contribution in [0.2, 0.25) is 0 Å². The van der Waals surface area contributed by atoms with E-state index in [2.05, 4.69) is 6.58 Å². The van der Waals surface area contributed by atoms with Gasteiger partial charge in [-0.05, 0) is 26.0 Å². The van der Waals surface area contributed by atoms with Crippen molar-refractivity contribution in [3.8, 4) is 5.75 Å². The second kappa shape index (κ2) is 5.26. The predicted octanol–water partition coefficient (Wildman–Crippen LogP) is 2.27. The Morgan fingerprint density at radius 2 is 2.00 bits per heavy atom. The molecule has 5 nitrogen and oxygen atoms in total. The first kappa shape index (κ1) is 14.3. The van der Waals surface area contributed by atoms with E-state index in [1.165, 1.54) is 0 Å². The van der Waals surface area contributed by atoms with Crippen molar-refractivity contribution in [3.05, 3.63) is 43.0 Å². The Bertz CT molecular complexity index is 539. The molecule has 3 rings (SSSR count). The van der Waals surface area contributed by atoms with Gasteiger partial charge in [-0.3, -0.25) is 4.79 Å². The summed E-state index contributed by atoms with van der Waals surface area (Å²) < 4.78 is 22.5. The highest BCUT2D eigenvalue weighted by atomic mass is 16.8. The minimum absolute atomic E-state index is 0.403. The van der Waals surface area contributed by atoms with E-state index in [9.17, 15) is 4.79 Å². The van der Waals surface area contributed by atoms with Gasteiger partial charge in [-0.2, -0.15) is 0 Å². The zero-order valence-corrected chi connectivity index (χ0v) is 12.0. The molecule has 2 aliphatic rings. The number of hydrogen-bond donors (Lipinski definition) is 0. The highest BCUT2D eigenvalue weighted by Gasteiger charge is 2.57. The summed E-state index contributed by atoms with van der Waals surface area (Å²) in [5, 5.41) is 0. The number of ether oxygens (including phenoxy) is 4. The lowest BCUT2D eigenvalue weighted by atomic mass is 9.98. The van der Waals surface area contributed by atoms with Crippen LogP contribution in [0.3, 0.4) is 0 Å². The number of esters is 1. The zero-order valence-electron chi connectivity index (χ0n) is 12.0. The van der Waals surface area contributed by atoms with E-state index in [-0.39, 0.29) is 0 Å². The Morgan fingerprint density at radius 1 is 1.29 bits per heavy atom. The highest BCUT2D eigenvalue weighted by Crippen LogP contribution is 2.41. The van der Waals surface area contributed by atoms with Crippen molar-refractivity contribution < 1.29 is 23.7 Å². The van der Waals surface area contributed by atoms with Crippen molar-refractivity contribution in [2.45, 2.75) is 38.1 Å². The third kappa shape index (κ3) is 2.72. The molecular weight excluding hydrogens is 272 g/mol. The summed E-state index contributed by atoms with van der Waals surface area (Å²) in [5.74, 6) is -1.27. The summed E-state index contributed by atoms with van der Waals surface area (Å²) in [5.41, 5.74) is 0. The maximum atomic E-state index is 12.5. The Morgan fingerprint density at radius 3 is 2.67 bits per heavy atom. The quantitative estimate of drug-likeness (QED) is 0.485. The third-order valence-electron chi connectivity index (χ3n) is 3.55. The summed E-state index contributed by atoms with van der Waals surface area (Å²) in [6, 6.07) is 8.92. The van der Waals surface area contributed by atoms with Crippen LogP contribution in [-0.2, 0) is 19.0 Å². The van der Waals surface area contributed by atoms with Gasteiger partial charge in [0.05, 0.1) is 6.10 Å². The van der Waals surface area contributed by atoms with Crippen LogP contribution >= 0.6 is 0 Å². The lowest BCUT2D eigenvalue weighted by Gasteiger charge is -2.23. The van der Waals surface area contributed by atoms with E-state index in [1.807, 2.05) is 6.07 Å². The standard InChI is InChI=1S/C16H18O5/c1-4-11-12(13-15(19-11)21-16(2,3)20-13)14(17)18-10-8-6-5-7-9-10/h4-9,11-13,15H,1H2,2-3H3/t11-,12+,13+,15+/m1/s1. The molecule has 0 aliphatic carbocycles. The fourth-order valence-electron chi connectivity index (χ4n) is 2.68. The number of carbonyl (C=O) groups is 1. The number of benzene rings is 1. The first-order valence-corrected chi connectivity index (χ1v) is 6.90. The minimum Gasteiger partial charge on any atom is -0.426 e. The molecule has 2 fully saturated rings. The largest absolute Gasteiger partial charge is 0.426 e. The average Bonchev–Trinajstić information content (AvgIpc) is 2.90. The van der Waals surface area contributed by atoms with Gasteiger partial charge < -0.3 is 18.9 Å². The summed E-state index contributed by atoms with van der Waals surface area (Å²) in [4.78, 5) is 12.5. The van der Waals surface area contributed by atoms with Gasteiger partial charge in [0.2, 0.25) is 0 Å². The van der Waals surface area contributed by atoms with Crippen molar-refractivity contribution in [2.75, 3.05) is 0 Å². The van der Waals surface area contributed by atoms with E-state index < -0.39 is 36.2 Å². The van der Waals surface area contributed by atoms with Crippen molar-refractivity contribution in [2.24, 2.45) is 5.92 Å². The van der Waals surface area contributed by atoms with Crippen LogP contribution < -0.4 is 4.74 Å². The number of fused-ring (bicyclic) bond motifs is 1. The van der Waals surface area contributed by atoms with Crippen molar-refractivity contribution in [3.63, 3.8) is 0 Å². The van der Waals surface area contributed by atoms with Gasteiger partial charge in [0.15, 0.2) is 12.1 Å². The predicted molar refractivity (Wildman–Crippen MR) is 74.5 cm³/mol. The lowest BCUT2D eigenvalue weighted by Crippen LogP contribution is -2.37. The molecule has 0 amide bonds. The smallest absolute Gasteiger partial charge is 0.320 e. The molecule has 0 saturated carbocycles. The fraction of sp³-hybridized carbons (Fsp3) is 0.438. The van der Waals surface area contributed by atoms with Crippen LogP contribution in [0.4, 0.5) is 0 Å². The van der Waals surface area contributed by atoms with Crippen LogP contribution in [0.15, 0.2) is 43.0 Å². The lowest BCUT2D eigenvalue weighted by molar-refractivity contribution is -0.205. The van der Waals surface area contributed by atoms with Crippen LogP contribution in [0.1, 0.15) is 13.8 Å².